The van der Waals surface area contributed by atoms with Gasteiger partial charge in [-0.15, -0.1) is 0 Å². The predicted octanol–water partition coefficient (Wildman–Crippen LogP) is 4.99. The third kappa shape index (κ3) is 6.33. The lowest BCUT2D eigenvalue weighted by molar-refractivity contribution is -0.139. The summed E-state index contributed by atoms with van der Waals surface area (Å²) in [6.07, 6.45) is -1.68. The van der Waals surface area contributed by atoms with Crippen LogP contribution in [0.5, 0.6) is 17.2 Å². The first-order chi connectivity index (χ1) is 15.1. The number of hydrogen-bond donors (Lipinski definition) is 0. The van der Waals surface area contributed by atoms with E-state index >= 15 is 0 Å². The first-order valence-corrected chi connectivity index (χ1v) is 12.3. The third-order valence-electron chi connectivity index (χ3n) is 5.08. The van der Waals surface area contributed by atoms with Gasteiger partial charge in [0.2, 0.25) is 5.78 Å². The molecule has 1 fully saturated rings. The van der Waals surface area contributed by atoms with Gasteiger partial charge in [-0.25, -0.2) is 9.18 Å². The van der Waals surface area contributed by atoms with E-state index in [1.807, 2.05) is 0 Å². The highest BCUT2D eigenvalue weighted by atomic mass is 32.2. The summed E-state index contributed by atoms with van der Waals surface area (Å²) < 4.78 is 29.2. The van der Waals surface area contributed by atoms with Crippen molar-refractivity contribution in [3.63, 3.8) is 0 Å². The summed E-state index contributed by atoms with van der Waals surface area (Å²) in [5.74, 6) is 2.47. The Morgan fingerprint density at radius 2 is 1.44 bits per heavy atom. The maximum atomic E-state index is 13.4. The van der Waals surface area contributed by atoms with Gasteiger partial charge in [0.05, 0.1) is 13.2 Å². The molecule has 2 aromatic carbocycles. The second-order valence-electron chi connectivity index (χ2n) is 8.80. The molecule has 3 rings (SSSR count). The fourth-order valence-electron chi connectivity index (χ4n) is 3.56. The van der Waals surface area contributed by atoms with E-state index in [9.17, 15) is 14.0 Å². The van der Waals surface area contributed by atoms with Crippen LogP contribution in [0.4, 0.5) is 4.39 Å². The highest BCUT2D eigenvalue weighted by Crippen LogP contribution is 2.32. The maximum Gasteiger partial charge on any atom is 0.345 e. The van der Waals surface area contributed by atoms with Gasteiger partial charge in [0, 0.05) is 21.9 Å². The quantitative estimate of drug-likeness (QED) is 0.252. The topological polar surface area (TPSA) is 61.8 Å². The molecular formula is C25H30FO5S+. The number of ketones is 1. The van der Waals surface area contributed by atoms with Crippen molar-refractivity contribution < 1.29 is 28.2 Å². The monoisotopic (exact) mass is 461 g/mol. The van der Waals surface area contributed by atoms with Crippen molar-refractivity contribution in [3.8, 4) is 17.2 Å². The standard InChI is InChI=1S/C25H30FO5S/c1-17(26)24(28)31-21-11-9-20(10-12-21)30-19-7-5-18(6-8-19)22(27)23(25(2,3)4)32-15-13-29-14-16-32/h5-12,17,23H,13-16H2,1-4H3/q+1. The Morgan fingerprint density at radius 1 is 0.938 bits per heavy atom. The van der Waals surface area contributed by atoms with Gasteiger partial charge >= 0.3 is 5.97 Å². The molecule has 0 aliphatic carbocycles. The Hall–Kier alpha value is -2.38. The van der Waals surface area contributed by atoms with Gasteiger partial charge in [-0.2, -0.15) is 0 Å². The van der Waals surface area contributed by atoms with Gasteiger partial charge in [0.15, 0.2) is 11.4 Å². The molecule has 0 saturated carbocycles. The summed E-state index contributed by atoms with van der Waals surface area (Å²) in [6.45, 7) is 8.96. The summed E-state index contributed by atoms with van der Waals surface area (Å²) in [5, 5.41) is -0.0412. The molecule has 2 atom stereocenters. The van der Waals surface area contributed by atoms with Crippen LogP contribution < -0.4 is 9.47 Å². The van der Waals surface area contributed by atoms with Crippen LogP contribution >= 0.6 is 0 Å². The smallest absolute Gasteiger partial charge is 0.345 e. The van der Waals surface area contributed by atoms with Crippen LogP contribution in [0.1, 0.15) is 38.1 Å². The molecule has 1 saturated heterocycles. The zero-order valence-electron chi connectivity index (χ0n) is 18.9. The van der Waals surface area contributed by atoms with Crippen molar-refractivity contribution >= 4 is 22.6 Å². The number of ether oxygens (including phenoxy) is 3. The number of rotatable bonds is 7. The van der Waals surface area contributed by atoms with Crippen LogP contribution in [-0.4, -0.2) is 47.9 Å². The Balaban J connectivity index is 1.67. The summed E-state index contributed by atoms with van der Waals surface area (Å²) in [4.78, 5) is 24.7. The summed E-state index contributed by atoms with van der Waals surface area (Å²) in [5.41, 5.74) is 0.552. The van der Waals surface area contributed by atoms with E-state index < -0.39 is 12.1 Å². The first-order valence-electron chi connectivity index (χ1n) is 10.7. The molecule has 1 aliphatic heterocycles. The van der Waals surface area contributed by atoms with Crippen LogP contribution in [0.2, 0.25) is 0 Å². The summed E-state index contributed by atoms with van der Waals surface area (Å²) >= 11 is 0. The Labute approximate surface area is 191 Å². The minimum Gasteiger partial charge on any atom is -0.457 e. The van der Waals surface area contributed by atoms with Crippen molar-refractivity contribution in [3.05, 3.63) is 54.1 Å². The Bertz CT molecular complexity index is 913. The number of carbonyl (C=O) groups excluding carboxylic acids is 2. The Morgan fingerprint density at radius 3 is 1.94 bits per heavy atom. The highest BCUT2D eigenvalue weighted by molar-refractivity contribution is 7.98. The van der Waals surface area contributed by atoms with Gasteiger partial charge < -0.3 is 14.2 Å². The zero-order valence-corrected chi connectivity index (χ0v) is 19.7. The number of hydrogen-bond acceptors (Lipinski definition) is 5. The molecule has 0 amide bonds. The first kappa shape index (κ1) is 24.3. The average Bonchev–Trinajstić information content (AvgIpc) is 2.75. The number of Topliss-reactive ketones (excluding diaryl/α,β-unsaturated/α-hetero) is 1. The third-order valence-corrected chi connectivity index (χ3v) is 8.05. The molecule has 32 heavy (non-hydrogen) atoms. The molecule has 1 heterocycles. The number of esters is 1. The Kier molecular flexibility index (Phi) is 7.96. The molecule has 1 aliphatic rings. The second kappa shape index (κ2) is 10.5. The molecule has 0 radical (unpaired) electrons. The fourth-order valence-corrected chi connectivity index (χ4v) is 6.34. The predicted molar refractivity (Wildman–Crippen MR) is 125 cm³/mol. The number of carbonyl (C=O) groups is 2. The molecule has 0 aromatic heterocycles. The van der Waals surface area contributed by atoms with E-state index in [0.29, 0.717) is 17.1 Å². The van der Waals surface area contributed by atoms with Gasteiger partial charge in [0.25, 0.3) is 0 Å². The zero-order chi connectivity index (χ0) is 23.3. The largest absolute Gasteiger partial charge is 0.457 e. The molecule has 0 spiro atoms. The van der Waals surface area contributed by atoms with E-state index in [0.717, 1.165) is 31.6 Å². The minimum absolute atomic E-state index is 0.00576. The molecule has 0 N–H and O–H groups in total. The van der Waals surface area contributed by atoms with Gasteiger partial charge in [-0.1, -0.05) is 20.8 Å². The lowest BCUT2D eigenvalue weighted by Crippen LogP contribution is -2.47. The fraction of sp³-hybridized carbons (Fsp3) is 0.440. The van der Waals surface area contributed by atoms with Crippen molar-refractivity contribution in [2.75, 3.05) is 24.7 Å². The molecule has 2 unspecified atom stereocenters. The van der Waals surface area contributed by atoms with Crippen LogP contribution in [0.15, 0.2) is 48.5 Å². The molecule has 5 nitrogen and oxygen atoms in total. The molecule has 172 valence electrons. The van der Waals surface area contributed by atoms with Crippen molar-refractivity contribution in [2.45, 2.75) is 39.1 Å². The normalized spacial score (nSPS) is 16.8. The van der Waals surface area contributed by atoms with Crippen molar-refractivity contribution in [1.29, 1.82) is 0 Å². The van der Waals surface area contributed by atoms with Gasteiger partial charge in [0.1, 0.15) is 28.8 Å². The molecule has 2 aromatic rings. The van der Waals surface area contributed by atoms with E-state index in [2.05, 4.69) is 20.8 Å². The van der Waals surface area contributed by atoms with Crippen LogP contribution in [-0.2, 0) is 20.4 Å². The van der Waals surface area contributed by atoms with Gasteiger partial charge in [-0.05, 0) is 55.5 Å². The summed E-state index contributed by atoms with van der Waals surface area (Å²) in [7, 11) is 0.00576. The van der Waals surface area contributed by atoms with Gasteiger partial charge in [-0.3, -0.25) is 4.79 Å². The maximum absolute atomic E-state index is 13.4. The van der Waals surface area contributed by atoms with E-state index in [-0.39, 0.29) is 33.1 Å². The lowest BCUT2D eigenvalue weighted by atomic mass is 9.87. The number of alkyl halides is 1. The number of benzene rings is 2. The van der Waals surface area contributed by atoms with Crippen LogP contribution in [0.25, 0.3) is 0 Å². The average molecular weight is 462 g/mol. The molecular weight excluding hydrogens is 431 g/mol. The molecule has 0 bridgehead atoms. The lowest BCUT2D eigenvalue weighted by Gasteiger charge is -2.31. The summed E-state index contributed by atoms with van der Waals surface area (Å²) in [6, 6.07) is 13.5. The second-order valence-corrected chi connectivity index (χ2v) is 11.2. The van der Waals surface area contributed by atoms with Crippen LogP contribution in [0, 0.1) is 5.41 Å². The van der Waals surface area contributed by atoms with Crippen molar-refractivity contribution in [1.82, 2.24) is 0 Å². The van der Waals surface area contributed by atoms with Crippen LogP contribution in [0.3, 0.4) is 0 Å². The van der Waals surface area contributed by atoms with Crippen molar-refractivity contribution in [2.24, 2.45) is 5.41 Å². The minimum atomic E-state index is -1.68. The number of halogens is 1. The highest BCUT2D eigenvalue weighted by Gasteiger charge is 2.46. The van der Waals surface area contributed by atoms with E-state index in [1.54, 1.807) is 36.4 Å². The van der Waals surface area contributed by atoms with E-state index in [4.69, 9.17) is 14.2 Å². The van der Waals surface area contributed by atoms with E-state index in [1.165, 1.54) is 12.1 Å². The molecule has 7 heteroatoms. The SMILES string of the molecule is CC(F)C(=O)Oc1ccc(Oc2ccc(C(=O)C([S+]3CCOCC3)C(C)(C)C)cc2)cc1.